The van der Waals surface area contributed by atoms with Crippen LogP contribution in [0.3, 0.4) is 0 Å². The van der Waals surface area contributed by atoms with Crippen molar-refractivity contribution in [1.29, 1.82) is 0 Å². The van der Waals surface area contributed by atoms with Crippen LogP contribution in [0.15, 0.2) is 42.9 Å². The second-order valence-electron chi connectivity index (χ2n) is 6.89. The first-order chi connectivity index (χ1) is 11.8. The average molecular weight is 325 g/mol. The molecular weight excluding hydrogens is 302 g/mol. The number of likely N-dealkylation sites (tertiary alicyclic amines) is 1. The minimum atomic E-state index is 0.232. The standard InChI is InChI=1S/C18H23N5O/c1-22-10-6-15(12-24-16-5-2-3-7-19-16)11-18(22)13-23(14-18)17-20-8-4-9-21-17/h2-5,7-9,15H,6,10-14H2,1H3. The summed E-state index contributed by atoms with van der Waals surface area (Å²) in [6, 6.07) is 7.65. The molecular formula is C18H23N5O. The molecule has 2 fully saturated rings. The molecule has 0 bridgehead atoms. The summed E-state index contributed by atoms with van der Waals surface area (Å²) in [4.78, 5) is 17.7. The van der Waals surface area contributed by atoms with Crippen LogP contribution in [0.1, 0.15) is 12.8 Å². The molecule has 1 spiro atoms. The van der Waals surface area contributed by atoms with E-state index in [1.807, 2.05) is 24.3 Å². The Morgan fingerprint density at radius 1 is 1.12 bits per heavy atom. The highest BCUT2D eigenvalue weighted by Gasteiger charge is 2.50. The Morgan fingerprint density at radius 3 is 2.67 bits per heavy atom. The van der Waals surface area contributed by atoms with Crippen LogP contribution >= 0.6 is 0 Å². The number of rotatable bonds is 4. The van der Waals surface area contributed by atoms with E-state index >= 15 is 0 Å². The van der Waals surface area contributed by atoms with Crippen molar-refractivity contribution in [2.75, 3.05) is 38.2 Å². The van der Waals surface area contributed by atoms with Crippen LogP contribution in [-0.4, -0.2) is 58.7 Å². The molecule has 0 N–H and O–H groups in total. The van der Waals surface area contributed by atoms with Gasteiger partial charge in [0.05, 0.1) is 12.1 Å². The number of hydrogen-bond acceptors (Lipinski definition) is 6. The van der Waals surface area contributed by atoms with Crippen LogP contribution in [0, 0.1) is 5.92 Å². The van der Waals surface area contributed by atoms with Gasteiger partial charge in [-0.05, 0) is 44.5 Å². The number of nitrogens with zero attached hydrogens (tertiary/aromatic N) is 5. The third-order valence-corrected chi connectivity index (χ3v) is 5.26. The quantitative estimate of drug-likeness (QED) is 0.855. The van der Waals surface area contributed by atoms with Gasteiger partial charge in [-0.1, -0.05) is 6.07 Å². The number of piperidine rings is 1. The predicted octanol–water partition coefficient (Wildman–Crippen LogP) is 1.85. The summed E-state index contributed by atoms with van der Waals surface area (Å²) in [6.45, 7) is 3.84. The van der Waals surface area contributed by atoms with Crippen LogP contribution in [-0.2, 0) is 0 Å². The van der Waals surface area contributed by atoms with Crippen LogP contribution < -0.4 is 9.64 Å². The molecule has 2 aliphatic rings. The molecule has 0 radical (unpaired) electrons. The van der Waals surface area contributed by atoms with E-state index in [0.29, 0.717) is 5.92 Å². The summed E-state index contributed by atoms with van der Waals surface area (Å²) in [5, 5.41) is 0. The molecule has 0 aliphatic carbocycles. The second-order valence-corrected chi connectivity index (χ2v) is 6.89. The molecule has 4 heterocycles. The van der Waals surface area contributed by atoms with Crippen molar-refractivity contribution >= 4 is 5.95 Å². The third kappa shape index (κ3) is 2.94. The molecule has 1 unspecified atom stereocenters. The molecule has 1 atom stereocenters. The molecule has 2 aromatic rings. The Morgan fingerprint density at radius 2 is 1.92 bits per heavy atom. The Bertz CT molecular complexity index is 660. The van der Waals surface area contributed by atoms with Crippen molar-refractivity contribution in [2.45, 2.75) is 18.4 Å². The van der Waals surface area contributed by atoms with Crippen molar-refractivity contribution in [2.24, 2.45) is 5.92 Å². The summed E-state index contributed by atoms with van der Waals surface area (Å²) in [5.41, 5.74) is 0.232. The maximum absolute atomic E-state index is 5.89. The normalized spacial score (nSPS) is 23.0. The molecule has 0 amide bonds. The largest absolute Gasteiger partial charge is 0.477 e. The maximum atomic E-state index is 5.89. The van der Waals surface area contributed by atoms with Crippen molar-refractivity contribution < 1.29 is 4.74 Å². The van der Waals surface area contributed by atoms with Crippen molar-refractivity contribution in [3.8, 4) is 5.88 Å². The summed E-state index contributed by atoms with van der Waals surface area (Å²) in [7, 11) is 2.24. The number of likely N-dealkylation sites (N-methyl/N-ethyl adjacent to an activating group) is 1. The second kappa shape index (κ2) is 6.36. The lowest BCUT2D eigenvalue weighted by atomic mass is 9.75. The van der Waals surface area contributed by atoms with Gasteiger partial charge in [-0.25, -0.2) is 15.0 Å². The van der Waals surface area contributed by atoms with Crippen molar-refractivity contribution in [1.82, 2.24) is 19.9 Å². The minimum Gasteiger partial charge on any atom is -0.477 e. The molecule has 0 saturated carbocycles. The van der Waals surface area contributed by atoms with Gasteiger partial charge in [0, 0.05) is 37.7 Å². The number of pyridine rings is 1. The van der Waals surface area contributed by atoms with Crippen LogP contribution in [0.5, 0.6) is 5.88 Å². The smallest absolute Gasteiger partial charge is 0.225 e. The van der Waals surface area contributed by atoms with Gasteiger partial charge in [-0.15, -0.1) is 0 Å². The van der Waals surface area contributed by atoms with Gasteiger partial charge in [0.25, 0.3) is 0 Å². The van der Waals surface area contributed by atoms with Gasteiger partial charge in [0.15, 0.2) is 0 Å². The maximum Gasteiger partial charge on any atom is 0.225 e. The van der Waals surface area contributed by atoms with E-state index in [0.717, 1.165) is 44.5 Å². The highest BCUT2D eigenvalue weighted by Crippen LogP contribution is 2.39. The Hall–Kier alpha value is -2.21. The zero-order valence-electron chi connectivity index (χ0n) is 14.0. The van der Waals surface area contributed by atoms with Crippen LogP contribution in [0.4, 0.5) is 5.95 Å². The Balaban J connectivity index is 1.36. The summed E-state index contributed by atoms with van der Waals surface area (Å²) in [5.74, 6) is 2.13. The molecule has 4 rings (SSSR count). The first kappa shape index (κ1) is 15.3. The van der Waals surface area contributed by atoms with Gasteiger partial charge in [-0.3, -0.25) is 4.90 Å². The van der Waals surface area contributed by atoms with E-state index in [4.69, 9.17) is 4.74 Å². The Labute approximate surface area is 142 Å². The first-order valence-corrected chi connectivity index (χ1v) is 8.52. The monoisotopic (exact) mass is 325 g/mol. The zero-order valence-corrected chi connectivity index (χ0v) is 14.0. The minimum absolute atomic E-state index is 0.232. The van der Waals surface area contributed by atoms with Crippen LogP contribution in [0.25, 0.3) is 0 Å². The number of aromatic nitrogens is 3. The summed E-state index contributed by atoms with van der Waals surface area (Å²) in [6.07, 6.45) is 7.71. The number of hydrogen-bond donors (Lipinski definition) is 0. The van der Waals surface area contributed by atoms with E-state index in [1.165, 1.54) is 6.42 Å². The molecule has 0 aromatic carbocycles. The highest BCUT2D eigenvalue weighted by molar-refractivity contribution is 5.38. The lowest BCUT2D eigenvalue weighted by molar-refractivity contribution is 0.00522. The average Bonchev–Trinajstić information content (AvgIpc) is 2.61. The fraction of sp³-hybridized carbons (Fsp3) is 0.500. The zero-order chi connectivity index (χ0) is 16.4. The van der Waals surface area contributed by atoms with Crippen molar-refractivity contribution in [3.05, 3.63) is 42.9 Å². The molecule has 2 aliphatic heterocycles. The SMILES string of the molecule is CN1CCC(COc2ccccn2)CC12CN(c1ncccn1)C2. The van der Waals surface area contributed by atoms with Crippen LogP contribution in [0.2, 0.25) is 0 Å². The van der Waals surface area contributed by atoms with E-state index in [-0.39, 0.29) is 5.54 Å². The fourth-order valence-electron chi connectivity index (χ4n) is 3.82. The highest BCUT2D eigenvalue weighted by atomic mass is 16.5. The molecule has 6 heteroatoms. The third-order valence-electron chi connectivity index (χ3n) is 5.26. The molecule has 2 saturated heterocycles. The van der Waals surface area contributed by atoms with Gasteiger partial charge >= 0.3 is 0 Å². The van der Waals surface area contributed by atoms with E-state index < -0.39 is 0 Å². The van der Waals surface area contributed by atoms with E-state index in [2.05, 4.69) is 31.8 Å². The predicted molar refractivity (Wildman–Crippen MR) is 92.1 cm³/mol. The number of ether oxygens (including phenoxy) is 1. The summed E-state index contributed by atoms with van der Waals surface area (Å²) >= 11 is 0. The Kier molecular flexibility index (Phi) is 4.06. The molecule has 2 aromatic heterocycles. The first-order valence-electron chi connectivity index (χ1n) is 8.52. The van der Waals surface area contributed by atoms with E-state index in [9.17, 15) is 0 Å². The topological polar surface area (TPSA) is 54.4 Å². The fourth-order valence-corrected chi connectivity index (χ4v) is 3.82. The van der Waals surface area contributed by atoms with Gasteiger partial charge in [-0.2, -0.15) is 0 Å². The lowest BCUT2D eigenvalue weighted by Gasteiger charge is -2.58. The number of anilines is 1. The lowest BCUT2D eigenvalue weighted by Crippen LogP contribution is -2.72. The molecule has 126 valence electrons. The van der Waals surface area contributed by atoms with E-state index in [1.54, 1.807) is 18.6 Å². The van der Waals surface area contributed by atoms with Gasteiger partial charge in [0.1, 0.15) is 0 Å². The van der Waals surface area contributed by atoms with Crippen molar-refractivity contribution in [3.63, 3.8) is 0 Å². The van der Waals surface area contributed by atoms with Gasteiger partial charge in [0.2, 0.25) is 11.8 Å². The molecule has 24 heavy (non-hydrogen) atoms. The molecule has 6 nitrogen and oxygen atoms in total. The van der Waals surface area contributed by atoms with Gasteiger partial charge < -0.3 is 9.64 Å². The summed E-state index contributed by atoms with van der Waals surface area (Å²) < 4.78 is 5.89.